The van der Waals surface area contributed by atoms with Crippen LogP contribution in [0.2, 0.25) is 0 Å². The molecule has 0 spiro atoms. The van der Waals surface area contributed by atoms with Crippen molar-refractivity contribution in [2.24, 2.45) is 5.73 Å². The molecule has 0 bridgehead atoms. The molecule has 2 rings (SSSR count). The van der Waals surface area contributed by atoms with Gasteiger partial charge >= 0.3 is 0 Å². The summed E-state index contributed by atoms with van der Waals surface area (Å²) in [5.74, 6) is -0.348. The van der Waals surface area contributed by atoms with Crippen LogP contribution in [0, 0.1) is 6.92 Å². The molecule has 20 heavy (non-hydrogen) atoms. The monoisotopic (exact) mass is 275 g/mol. The second-order valence-corrected chi connectivity index (χ2v) is 5.60. The maximum Gasteiger partial charge on any atom is 0.248 e. The highest BCUT2D eigenvalue weighted by Crippen LogP contribution is 2.28. The molecule has 0 saturated carbocycles. The van der Waals surface area contributed by atoms with E-state index in [2.05, 4.69) is 16.3 Å². The molecule has 1 unspecified atom stereocenters. The molecule has 0 aromatic heterocycles. The van der Waals surface area contributed by atoms with Crippen molar-refractivity contribution in [3.63, 3.8) is 0 Å². The third-order valence-electron chi connectivity index (χ3n) is 4.16. The van der Waals surface area contributed by atoms with Crippen LogP contribution in [0.15, 0.2) is 18.2 Å². The Kier molecular flexibility index (Phi) is 5.01. The predicted molar refractivity (Wildman–Crippen MR) is 83.2 cm³/mol. The number of carbonyl (C=O) groups is 1. The molecule has 1 aliphatic rings. The van der Waals surface area contributed by atoms with Crippen molar-refractivity contribution in [2.45, 2.75) is 38.6 Å². The predicted octanol–water partition coefficient (Wildman–Crippen LogP) is 2.06. The summed E-state index contributed by atoms with van der Waals surface area (Å²) >= 11 is 0. The van der Waals surface area contributed by atoms with Crippen LogP contribution in [-0.2, 0) is 0 Å². The van der Waals surface area contributed by atoms with Crippen molar-refractivity contribution in [1.82, 2.24) is 5.32 Å². The van der Waals surface area contributed by atoms with Crippen LogP contribution < -0.4 is 16.0 Å². The zero-order chi connectivity index (χ0) is 14.5. The number of nitrogens with one attached hydrogen (secondary N) is 1. The molecule has 1 heterocycles. The van der Waals surface area contributed by atoms with Gasteiger partial charge in [0.1, 0.15) is 0 Å². The highest BCUT2D eigenvalue weighted by molar-refractivity contribution is 5.94. The molecule has 1 saturated heterocycles. The number of hydrogen-bond donors (Lipinski definition) is 2. The largest absolute Gasteiger partial charge is 0.368 e. The first-order chi connectivity index (χ1) is 9.63. The van der Waals surface area contributed by atoms with Gasteiger partial charge in [-0.05, 0) is 70.0 Å². The smallest absolute Gasteiger partial charge is 0.248 e. The van der Waals surface area contributed by atoms with Gasteiger partial charge in [-0.2, -0.15) is 0 Å². The molecule has 4 heteroatoms. The standard InChI is InChI=1S/C16H25N3O/c1-12-11-14(6-7-15(12)16(17)20)19-10-4-3-5-13(19)8-9-18-2/h6-7,11,13,18H,3-5,8-10H2,1-2H3,(H2,17,20). The Hall–Kier alpha value is -1.55. The van der Waals surface area contributed by atoms with Crippen LogP contribution >= 0.6 is 0 Å². The summed E-state index contributed by atoms with van der Waals surface area (Å²) in [5.41, 5.74) is 8.18. The van der Waals surface area contributed by atoms with Gasteiger partial charge in [0.2, 0.25) is 5.91 Å². The van der Waals surface area contributed by atoms with Gasteiger partial charge in [0.15, 0.2) is 0 Å². The number of hydrogen-bond acceptors (Lipinski definition) is 3. The Labute approximate surface area is 121 Å². The number of nitrogens with two attached hydrogens (primary N) is 1. The minimum absolute atomic E-state index is 0.348. The third kappa shape index (κ3) is 3.31. The molecule has 110 valence electrons. The summed E-state index contributed by atoms with van der Waals surface area (Å²) in [4.78, 5) is 13.8. The van der Waals surface area contributed by atoms with Crippen LogP contribution in [0.5, 0.6) is 0 Å². The van der Waals surface area contributed by atoms with Crippen LogP contribution in [0.1, 0.15) is 41.6 Å². The number of nitrogens with zero attached hydrogens (tertiary/aromatic N) is 1. The molecule has 0 aliphatic carbocycles. The van der Waals surface area contributed by atoms with Gasteiger partial charge in [-0.1, -0.05) is 0 Å². The lowest BCUT2D eigenvalue weighted by Gasteiger charge is -2.38. The summed E-state index contributed by atoms with van der Waals surface area (Å²) in [7, 11) is 2.00. The van der Waals surface area contributed by atoms with Gasteiger partial charge in [-0.15, -0.1) is 0 Å². The molecule has 1 atom stereocenters. The van der Waals surface area contributed by atoms with Crippen LogP contribution in [0.4, 0.5) is 5.69 Å². The Bertz CT molecular complexity index is 473. The summed E-state index contributed by atoms with van der Waals surface area (Å²) < 4.78 is 0. The Balaban J connectivity index is 2.19. The van der Waals surface area contributed by atoms with Crippen LogP contribution in [0.3, 0.4) is 0 Å². The Morgan fingerprint density at radius 3 is 2.90 bits per heavy atom. The van der Waals surface area contributed by atoms with Gasteiger partial charge in [0.25, 0.3) is 0 Å². The number of aryl methyl sites for hydroxylation is 1. The SMILES string of the molecule is CNCCC1CCCCN1c1ccc(C(N)=O)c(C)c1. The summed E-state index contributed by atoms with van der Waals surface area (Å²) in [6.07, 6.45) is 4.96. The molecular weight excluding hydrogens is 250 g/mol. The van der Waals surface area contributed by atoms with Crippen molar-refractivity contribution in [3.8, 4) is 0 Å². The lowest BCUT2D eigenvalue weighted by Crippen LogP contribution is -2.41. The Morgan fingerprint density at radius 1 is 1.45 bits per heavy atom. The molecule has 3 N–H and O–H groups in total. The van der Waals surface area contributed by atoms with E-state index in [-0.39, 0.29) is 5.91 Å². The number of benzene rings is 1. The molecule has 4 nitrogen and oxygen atoms in total. The van der Waals surface area contributed by atoms with E-state index in [9.17, 15) is 4.79 Å². The maximum absolute atomic E-state index is 11.3. The fourth-order valence-corrected chi connectivity index (χ4v) is 3.05. The number of anilines is 1. The van der Waals surface area contributed by atoms with E-state index < -0.39 is 0 Å². The van der Waals surface area contributed by atoms with Crippen molar-refractivity contribution in [2.75, 3.05) is 25.0 Å². The van der Waals surface area contributed by atoms with Gasteiger partial charge in [-0.3, -0.25) is 4.79 Å². The Morgan fingerprint density at radius 2 is 2.25 bits per heavy atom. The molecule has 1 aromatic carbocycles. The van der Waals surface area contributed by atoms with Gasteiger partial charge in [0.05, 0.1) is 0 Å². The topological polar surface area (TPSA) is 58.4 Å². The second kappa shape index (κ2) is 6.75. The van der Waals surface area contributed by atoms with E-state index in [0.29, 0.717) is 11.6 Å². The second-order valence-electron chi connectivity index (χ2n) is 5.60. The summed E-state index contributed by atoms with van der Waals surface area (Å²) in [6, 6.07) is 6.58. The van der Waals surface area contributed by atoms with Gasteiger partial charge in [-0.25, -0.2) is 0 Å². The fraction of sp³-hybridized carbons (Fsp3) is 0.562. The number of piperidine rings is 1. The highest BCUT2D eigenvalue weighted by atomic mass is 16.1. The van der Waals surface area contributed by atoms with E-state index in [1.165, 1.54) is 24.9 Å². The average Bonchev–Trinajstić information content (AvgIpc) is 2.45. The van der Waals surface area contributed by atoms with Crippen molar-refractivity contribution < 1.29 is 4.79 Å². The van der Waals surface area contributed by atoms with E-state index in [1.54, 1.807) is 0 Å². The number of rotatable bonds is 5. The van der Waals surface area contributed by atoms with Gasteiger partial charge in [0, 0.05) is 23.8 Å². The first kappa shape index (κ1) is 14.9. The maximum atomic E-state index is 11.3. The molecule has 1 fully saturated rings. The van der Waals surface area contributed by atoms with Crippen molar-refractivity contribution >= 4 is 11.6 Å². The first-order valence-corrected chi connectivity index (χ1v) is 7.45. The lowest BCUT2D eigenvalue weighted by molar-refractivity contribution is 0.1000. The quantitative estimate of drug-likeness (QED) is 0.865. The minimum Gasteiger partial charge on any atom is -0.368 e. The lowest BCUT2D eigenvalue weighted by atomic mass is 9.97. The molecule has 1 amide bonds. The molecule has 1 aromatic rings. The summed E-state index contributed by atoms with van der Waals surface area (Å²) in [5, 5.41) is 3.23. The molecule has 1 aliphatic heterocycles. The fourth-order valence-electron chi connectivity index (χ4n) is 3.05. The van der Waals surface area contributed by atoms with Crippen molar-refractivity contribution in [1.29, 1.82) is 0 Å². The van der Waals surface area contributed by atoms with E-state index in [0.717, 1.165) is 25.1 Å². The normalized spacial score (nSPS) is 19.1. The number of carbonyl (C=O) groups excluding carboxylic acids is 1. The van der Waals surface area contributed by atoms with E-state index in [1.807, 2.05) is 26.1 Å². The number of primary amides is 1. The van der Waals surface area contributed by atoms with Crippen LogP contribution in [0.25, 0.3) is 0 Å². The average molecular weight is 275 g/mol. The van der Waals surface area contributed by atoms with E-state index >= 15 is 0 Å². The van der Waals surface area contributed by atoms with Crippen molar-refractivity contribution in [3.05, 3.63) is 29.3 Å². The highest BCUT2D eigenvalue weighted by Gasteiger charge is 2.22. The zero-order valence-corrected chi connectivity index (χ0v) is 12.5. The van der Waals surface area contributed by atoms with Crippen LogP contribution in [-0.4, -0.2) is 32.1 Å². The minimum atomic E-state index is -0.348. The van der Waals surface area contributed by atoms with Gasteiger partial charge < -0.3 is 16.0 Å². The third-order valence-corrected chi connectivity index (χ3v) is 4.16. The zero-order valence-electron chi connectivity index (χ0n) is 12.5. The molecular formula is C16H25N3O. The number of amides is 1. The summed E-state index contributed by atoms with van der Waals surface area (Å²) in [6.45, 7) is 4.10. The van der Waals surface area contributed by atoms with E-state index in [4.69, 9.17) is 5.73 Å². The molecule has 0 radical (unpaired) electrons. The first-order valence-electron chi connectivity index (χ1n) is 7.45.